The Morgan fingerprint density at radius 2 is 1.59 bits per heavy atom. The maximum Gasteiger partial charge on any atom is 0.474 e. The number of phosphoric ester groups is 1. The Hall–Kier alpha value is -1.36. The molecule has 0 aromatic carbocycles. The van der Waals surface area contributed by atoms with Gasteiger partial charge in [-0.1, -0.05) is 34.9 Å². The van der Waals surface area contributed by atoms with E-state index in [0.29, 0.717) is 0 Å². The molecule has 196 valence electrons. The first-order valence-electron chi connectivity index (χ1n) is 11.4. The summed E-state index contributed by atoms with van der Waals surface area (Å²) in [6.45, 7) is 8.43. The van der Waals surface area contributed by atoms with Crippen LogP contribution in [0.25, 0.3) is 0 Å². The number of amides is 1. The summed E-state index contributed by atoms with van der Waals surface area (Å²) in [4.78, 5) is 21.5. The van der Waals surface area contributed by atoms with Gasteiger partial charge >= 0.3 is 7.82 Å². The molecule has 0 saturated carbocycles. The average molecular weight is 506 g/mol. The molecule has 0 radical (unpaired) electrons. The third-order valence-electron chi connectivity index (χ3n) is 5.28. The summed E-state index contributed by atoms with van der Waals surface area (Å²) in [6.07, 6.45) is 3.65. The summed E-state index contributed by atoms with van der Waals surface area (Å²) in [6, 6.07) is -1.34. The Morgan fingerprint density at radius 1 is 1.00 bits per heavy atom. The molecule has 1 fully saturated rings. The quantitative estimate of drug-likeness (QED) is 0.188. The summed E-state index contributed by atoms with van der Waals surface area (Å²) < 4.78 is 27.7. The van der Waals surface area contributed by atoms with Crippen molar-refractivity contribution in [3.63, 3.8) is 0 Å². The predicted octanol–water partition coefficient (Wildman–Crippen LogP) is 2.48. The van der Waals surface area contributed by atoms with E-state index < -0.39 is 51.0 Å². The number of phosphoric acid groups is 1. The van der Waals surface area contributed by atoms with Crippen molar-refractivity contribution in [1.29, 1.82) is 0 Å². The first kappa shape index (κ1) is 30.7. The fraction of sp³-hybridized carbons (Fsp3) is 0.696. The maximum absolute atomic E-state index is 12.4. The van der Waals surface area contributed by atoms with Crippen molar-refractivity contribution in [2.75, 3.05) is 13.2 Å². The zero-order chi connectivity index (χ0) is 25.9. The molecule has 1 aliphatic heterocycles. The minimum Gasteiger partial charge on any atom is -0.394 e. The van der Waals surface area contributed by atoms with Crippen LogP contribution in [0.5, 0.6) is 0 Å². The number of hydrogen-bond acceptors (Lipinski definition) is 8. The Labute approximate surface area is 201 Å². The van der Waals surface area contributed by atoms with E-state index in [4.69, 9.17) is 13.8 Å². The highest BCUT2D eigenvalue weighted by molar-refractivity contribution is 7.47. The number of aliphatic hydroxyl groups is 3. The average Bonchev–Trinajstić information content (AvgIpc) is 2.72. The monoisotopic (exact) mass is 505 g/mol. The number of carbonyl (C=O) groups is 1. The van der Waals surface area contributed by atoms with Gasteiger partial charge in [0.25, 0.3) is 0 Å². The van der Waals surface area contributed by atoms with Crippen molar-refractivity contribution in [3.05, 3.63) is 34.9 Å². The largest absolute Gasteiger partial charge is 0.474 e. The van der Waals surface area contributed by atoms with Gasteiger partial charge in [0.05, 0.1) is 13.2 Å². The number of allylic oxidation sites excluding steroid dienone is 5. The summed E-state index contributed by atoms with van der Waals surface area (Å²) in [5.74, 6) is -0.579. The minimum atomic E-state index is -4.66. The second-order valence-corrected chi connectivity index (χ2v) is 10.2. The SMILES string of the molecule is CC(=O)N[C@H]1[C@@H](OP(=O)(O)OC/C=C(\C)CC/C=C(\C)CCC=C(C)C)O[C@H](CO)[C@@H](O)[C@@H]1O. The maximum atomic E-state index is 12.4. The van der Waals surface area contributed by atoms with Crippen LogP contribution >= 0.6 is 7.82 Å². The van der Waals surface area contributed by atoms with Gasteiger partial charge in [0.15, 0.2) is 6.29 Å². The van der Waals surface area contributed by atoms with Gasteiger partial charge in [0.1, 0.15) is 24.4 Å². The molecule has 0 aromatic heterocycles. The van der Waals surface area contributed by atoms with Gasteiger partial charge in [-0.05, 0) is 53.4 Å². The molecular formula is C23H40NO9P. The molecule has 0 aromatic rings. The van der Waals surface area contributed by atoms with E-state index >= 15 is 0 Å². The number of nitrogens with one attached hydrogen (secondary N) is 1. The molecule has 1 amide bonds. The van der Waals surface area contributed by atoms with Crippen LogP contribution in [0.15, 0.2) is 34.9 Å². The predicted molar refractivity (Wildman–Crippen MR) is 128 cm³/mol. The summed E-state index contributed by atoms with van der Waals surface area (Å²) >= 11 is 0. The van der Waals surface area contributed by atoms with Crippen LogP contribution in [-0.4, -0.2) is 70.0 Å². The van der Waals surface area contributed by atoms with E-state index in [1.54, 1.807) is 6.08 Å². The molecule has 0 bridgehead atoms. The van der Waals surface area contributed by atoms with Crippen LogP contribution in [0.1, 0.15) is 60.3 Å². The van der Waals surface area contributed by atoms with Crippen molar-refractivity contribution in [2.24, 2.45) is 0 Å². The second kappa shape index (κ2) is 14.9. The van der Waals surface area contributed by atoms with Gasteiger partial charge < -0.3 is 30.3 Å². The summed E-state index contributed by atoms with van der Waals surface area (Å²) in [5, 5.41) is 31.9. The van der Waals surface area contributed by atoms with E-state index in [1.807, 2.05) is 6.92 Å². The molecule has 1 rings (SSSR count). The number of rotatable bonds is 13. The van der Waals surface area contributed by atoms with Crippen molar-refractivity contribution >= 4 is 13.7 Å². The van der Waals surface area contributed by atoms with Crippen molar-refractivity contribution in [3.8, 4) is 0 Å². The number of ether oxygens (including phenoxy) is 1. The molecule has 1 aliphatic rings. The zero-order valence-corrected chi connectivity index (χ0v) is 21.5. The highest BCUT2D eigenvalue weighted by Crippen LogP contribution is 2.46. The Balaban J connectivity index is 2.61. The minimum absolute atomic E-state index is 0.199. The van der Waals surface area contributed by atoms with Gasteiger partial charge in [-0.15, -0.1) is 0 Å². The number of carbonyl (C=O) groups excluding carboxylic acids is 1. The van der Waals surface area contributed by atoms with E-state index in [9.17, 15) is 29.6 Å². The van der Waals surface area contributed by atoms with Gasteiger partial charge in [-0.3, -0.25) is 13.8 Å². The molecule has 6 atom stereocenters. The van der Waals surface area contributed by atoms with Crippen LogP contribution in [0, 0.1) is 0 Å². The molecule has 10 nitrogen and oxygen atoms in total. The normalized spacial score (nSPS) is 27.7. The van der Waals surface area contributed by atoms with Crippen LogP contribution < -0.4 is 5.32 Å². The first-order chi connectivity index (χ1) is 15.9. The number of hydrogen-bond donors (Lipinski definition) is 5. The molecule has 0 spiro atoms. The van der Waals surface area contributed by atoms with Crippen LogP contribution in [0.3, 0.4) is 0 Å². The van der Waals surface area contributed by atoms with E-state index in [0.717, 1.165) is 38.2 Å². The van der Waals surface area contributed by atoms with Crippen molar-refractivity contribution in [2.45, 2.75) is 90.9 Å². The van der Waals surface area contributed by atoms with Crippen molar-refractivity contribution in [1.82, 2.24) is 5.32 Å². The molecule has 1 unspecified atom stereocenters. The third-order valence-corrected chi connectivity index (χ3v) is 6.23. The standard InChI is InChI=1S/C23H40NO9P/c1-15(2)8-6-9-16(3)10-7-11-17(4)12-13-31-34(29,30)33-23-20(24-18(5)26)22(28)21(27)19(14-25)32-23/h8,10,12,19-23,25,27-28H,6-7,9,11,13-14H2,1-5H3,(H,24,26)(H,29,30)/b16-10+,17-12+/t19-,20-,21-,22-,23-/m1/s1. The van der Waals surface area contributed by atoms with Crippen LogP contribution in [-0.2, 0) is 23.1 Å². The Kier molecular flexibility index (Phi) is 13.4. The van der Waals surface area contributed by atoms with E-state index in [-0.39, 0.29) is 6.61 Å². The van der Waals surface area contributed by atoms with Gasteiger partial charge in [-0.2, -0.15) is 0 Å². The fourth-order valence-corrected chi connectivity index (χ4v) is 4.10. The Bertz CT molecular complexity index is 791. The molecule has 5 N–H and O–H groups in total. The molecular weight excluding hydrogens is 465 g/mol. The van der Waals surface area contributed by atoms with Gasteiger partial charge in [0, 0.05) is 6.92 Å². The smallest absolute Gasteiger partial charge is 0.394 e. The highest BCUT2D eigenvalue weighted by atomic mass is 31.2. The lowest BCUT2D eigenvalue weighted by molar-refractivity contribution is -0.248. The molecule has 0 aliphatic carbocycles. The van der Waals surface area contributed by atoms with Gasteiger partial charge in [0.2, 0.25) is 5.91 Å². The summed E-state index contributed by atoms with van der Waals surface area (Å²) in [7, 11) is -4.66. The molecule has 1 heterocycles. The van der Waals surface area contributed by atoms with Crippen LogP contribution in [0.4, 0.5) is 0 Å². The van der Waals surface area contributed by atoms with Gasteiger partial charge in [-0.25, -0.2) is 4.57 Å². The zero-order valence-electron chi connectivity index (χ0n) is 20.6. The lowest BCUT2D eigenvalue weighted by Gasteiger charge is -2.42. The lowest BCUT2D eigenvalue weighted by Crippen LogP contribution is -2.64. The van der Waals surface area contributed by atoms with Crippen molar-refractivity contribution < 1.29 is 43.4 Å². The topological polar surface area (TPSA) is 155 Å². The fourth-order valence-electron chi connectivity index (χ4n) is 3.33. The summed E-state index contributed by atoms with van der Waals surface area (Å²) in [5.41, 5.74) is 3.58. The highest BCUT2D eigenvalue weighted by Gasteiger charge is 2.47. The third kappa shape index (κ3) is 11.4. The Morgan fingerprint density at radius 3 is 2.15 bits per heavy atom. The van der Waals surface area contributed by atoms with Crippen LogP contribution in [0.2, 0.25) is 0 Å². The molecule has 1 saturated heterocycles. The lowest BCUT2D eigenvalue weighted by atomic mass is 9.97. The first-order valence-corrected chi connectivity index (χ1v) is 12.9. The number of aliphatic hydroxyl groups excluding tert-OH is 3. The molecule has 34 heavy (non-hydrogen) atoms. The van der Waals surface area contributed by atoms with E-state index in [2.05, 4.69) is 38.2 Å². The second-order valence-electron chi connectivity index (χ2n) is 8.76. The molecule has 11 heteroatoms. The van der Waals surface area contributed by atoms with E-state index in [1.165, 1.54) is 11.1 Å².